The van der Waals surface area contributed by atoms with Crippen LogP contribution in [0.5, 0.6) is 5.75 Å². The maximum atomic E-state index is 13.7. The van der Waals surface area contributed by atoms with Crippen molar-refractivity contribution in [3.05, 3.63) is 95.8 Å². The first-order valence-electron chi connectivity index (χ1n) is 10.2. The minimum atomic E-state index is -0.837. The zero-order valence-corrected chi connectivity index (χ0v) is 17.7. The molecule has 5 amide bonds. The van der Waals surface area contributed by atoms with Gasteiger partial charge in [0.1, 0.15) is 17.1 Å². The summed E-state index contributed by atoms with van der Waals surface area (Å²) in [6.45, 7) is -0.385. The molecule has 1 heterocycles. The van der Waals surface area contributed by atoms with Gasteiger partial charge in [-0.25, -0.2) is 14.1 Å². The van der Waals surface area contributed by atoms with E-state index in [4.69, 9.17) is 4.74 Å². The number of benzene rings is 3. The number of barbiturate groups is 1. The van der Waals surface area contributed by atoms with Gasteiger partial charge in [-0.05, 0) is 48.0 Å². The average Bonchev–Trinajstić information content (AvgIpc) is 2.83. The van der Waals surface area contributed by atoms with E-state index in [1.165, 1.54) is 30.3 Å². The van der Waals surface area contributed by atoms with Gasteiger partial charge in [0.15, 0.2) is 6.61 Å². The van der Waals surface area contributed by atoms with Gasteiger partial charge in [0, 0.05) is 0 Å². The molecule has 170 valence electrons. The number of halogens is 1. The van der Waals surface area contributed by atoms with Crippen molar-refractivity contribution in [3.63, 3.8) is 0 Å². The zero-order valence-electron chi connectivity index (χ0n) is 17.7. The first kappa shape index (κ1) is 22.4. The summed E-state index contributed by atoms with van der Waals surface area (Å²) in [5.74, 6) is -2.43. The summed E-state index contributed by atoms with van der Waals surface area (Å²) in [6.07, 6.45) is 1.33. The minimum absolute atomic E-state index is 0.0360. The zero-order chi connectivity index (χ0) is 24.1. The quantitative estimate of drug-likeness (QED) is 0.434. The molecular formula is C25H18FN3O5. The van der Waals surface area contributed by atoms with Gasteiger partial charge in [-0.15, -0.1) is 0 Å². The number of carbonyl (C=O) groups is 4. The van der Waals surface area contributed by atoms with Crippen LogP contribution >= 0.6 is 0 Å². The number of hydrogen-bond acceptors (Lipinski definition) is 5. The van der Waals surface area contributed by atoms with Crippen molar-refractivity contribution < 1.29 is 28.3 Å². The molecule has 0 bridgehead atoms. The predicted octanol–water partition coefficient (Wildman–Crippen LogP) is 3.51. The van der Waals surface area contributed by atoms with Gasteiger partial charge < -0.3 is 10.1 Å². The maximum absolute atomic E-state index is 13.7. The molecule has 3 aromatic rings. The van der Waals surface area contributed by atoms with Crippen LogP contribution in [0.15, 0.2) is 84.4 Å². The lowest BCUT2D eigenvalue weighted by molar-refractivity contribution is -0.122. The molecule has 0 aromatic heterocycles. The van der Waals surface area contributed by atoms with Crippen LogP contribution in [-0.2, 0) is 14.4 Å². The molecule has 3 aromatic carbocycles. The largest absolute Gasteiger partial charge is 0.484 e. The Labute approximate surface area is 193 Å². The third-order valence-electron chi connectivity index (χ3n) is 4.80. The number of para-hydroxylation sites is 2. The van der Waals surface area contributed by atoms with E-state index in [0.29, 0.717) is 11.3 Å². The van der Waals surface area contributed by atoms with Crippen LogP contribution in [-0.4, -0.2) is 30.4 Å². The van der Waals surface area contributed by atoms with Gasteiger partial charge in [0.05, 0.1) is 11.4 Å². The van der Waals surface area contributed by atoms with Crippen LogP contribution < -0.4 is 20.3 Å². The number of nitrogens with zero attached hydrogens (tertiary/aromatic N) is 1. The highest BCUT2D eigenvalue weighted by Gasteiger charge is 2.36. The fourth-order valence-electron chi connectivity index (χ4n) is 3.23. The van der Waals surface area contributed by atoms with E-state index in [0.717, 1.165) is 4.90 Å². The number of urea groups is 1. The third-order valence-corrected chi connectivity index (χ3v) is 4.80. The summed E-state index contributed by atoms with van der Waals surface area (Å²) in [4.78, 5) is 50.4. The fourth-order valence-corrected chi connectivity index (χ4v) is 3.23. The highest BCUT2D eigenvalue weighted by Crippen LogP contribution is 2.23. The second-order valence-electron chi connectivity index (χ2n) is 7.18. The van der Waals surface area contributed by atoms with E-state index in [-0.39, 0.29) is 23.6 Å². The van der Waals surface area contributed by atoms with Gasteiger partial charge in [-0.3, -0.25) is 19.7 Å². The third kappa shape index (κ3) is 4.99. The number of nitrogens with one attached hydrogen (secondary N) is 2. The highest BCUT2D eigenvalue weighted by atomic mass is 19.1. The Hall–Kier alpha value is -4.79. The maximum Gasteiger partial charge on any atom is 0.335 e. The van der Waals surface area contributed by atoms with Crippen molar-refractivity contribution in [1.29, 1.82) is 0 Å². The lowest BCUT2D eigenvalue weighted by atomic mass is 10.1. The molecule has 0 atom stereocenters. The molecular weight excluding hydrogens is 441 g/mol. The number of rotatable bonds is 6. The van der Waals surface area contributed by atoms with Crippen LogP contribution in [0.3, 0.4) is 0 Å². The number of carbonyl (C=O) groups excluding carboxylic acids is 4. The molecule has 8 nitrogen and oxygen atoms in total. The summed E-state index contributed by atoms with van der Waals surface area (Å²) in [7, 11) is 0. The van der Waals surface area contributed by atoms with Crippen LogP contribution in [0.25, 0.3) is 6.08 Å². The Kier molecular flexibility index (Phi) is 6.45. The van der Waals surface area contributed by atoms with Crippen molar-refractivity contribution in [2.75, 3.05) is 16.8 Å². The molecule has 1 saturated heterocycles. The van der Waals surface area contributed by atoms with Gasteiger partial charge in [0.2, 0.25) is 0 Å². The fraction of sp³-hybridized carbons (Fsp3) is 0.0400. The summed E-state index contributed by atoms with van der Waals surface area (Å²) in [6, 6.07) is 19.5. The van der Waals surface area contributed by atoms with Gasteiger partial charge in [0.25, 0.3) is 17.7 Å². The van der Waals surface area contributed by atoms with Crippen LogP contribution in [0, 0.1) is 5.82 Å². The molecule has 1 aliphatic heterocycles. The second kappa shape index (κ2) is 9.78. The molecule has 0 radical (unpaired) electrons. The Morgan fingerprint density at radius 3 is 2.47 bits per heavy atom. The van der Waals surface area contributed by atoms with Crippen LogP contribution in [0.1, 0.15) is 5.56 Å². The Morgan fingerprint density at radius 1 is 0.971 bits per heavy atom. The molecule has 34 heavy (non-hydrogen) atoms. The summed E-state index contributed by atoms with van der Waals surface area (Å²) >= 11 is 0. The first-order valence-corrected chi connectivity index (χ1v) is 10.2. The molecule has 0 spiro atoms. The second-order valence-corrected chi connectivity index (χ2v) is 7.18. The normalized spacial score (nSPS) is 14.7. The van der Waals surface area contributed by atoms with E-state index in [9.17, 15) is 23.6 Å². The number of amides is 5. The van der Waals surface area contributed by atoms with E-state index >= 15 is 0 Å². The number of anilines is 2. The molecule has 0 unspecified atom stereocenters. The Balaban J connectivity index is 1.48. The SMILES string of the molecule is O=C(COc1cccc(/C=C2/C(=O)NC(=O)N(c3ccccc3)C2=O)c1)Nc1ccccc1F. The van der Waals surface area contributed by atoms with Gasteiger partial charge in [-0.2, -0.15) is 0 Å². The van der Waals surface area contributed by atoms with E-state index in [2.05, 4.69) is 10.6 Å². The molecule has 1 aliphatic rings. The molecule has 1 fully saturated rings. The van der Waals surface area contributed by atoms with Gasteiger partial charge in [-0.1, -0.05) is 42.5 Å². The molecule has 2 N–H and O–H groups in total. The highest BCUT2D eigenvalue weighted by molar-refractivity contribution is 6.39. The van der Waals surface area contributed by atoms with Crippen LogP contribution in [0.2, 0.25) is 0 Å². The summed E-state index contributed by atoms with van der Waals surface area (Å²) in [5.41, 5.74) is 0.557. The monoisotopic (exact) mass is 459 g/mol. The topological polar surface area (TPSA) is 105 Å². The van der Waals surface area contributed by atoms with E-state index < -0.39 is 29.6 Å². The van der Waals surface area contributed by atoms with Crippen molar-refractivity contribution in [2.45, 2.75) is 0 Å². The summed E-state index contributed by atoms with van der Waals surface area (Å²) in [5, 5.41) is 4.57. The molecule has 0 saturated carbocycles. The lowest BCUT2D eigenvalue weighted by Gasteiger charge is -2.26. The van der Waals surface area contributed by atoms with Crippen molar-refractivity contribution in [1.82, 2.24) is 5.32 Å². The van der Waals surface area contributed by atoms with E-state index in [1.807, 2.05) is 0 Å². The smallest absolute Gasteiger partial charge is 0.335 e. The lowest BCUT2D eigenvalue weighted by Crippen LogP contribution is -2.54. The minimum Gasteiger partial charge on any atom is -0.484 e. The average molecular weight is 459 g/mol. The number of imide groups is 2. The van der Waals surface area contributed by atoms with Crippen molar-refractivity contribution >= 4 is 41.2 Å². The number of hydrogen-bond donors (Lipinski definition) is 2. The van der Waals surface area contributed by atoms with Crippen LogP contribution in [0.4, 0.5) is 20.6 Å². The number of ether oxygens (including phenoxy) is 1. The van der Waals surface area contributed by atoms with Crippen molar-refractivity contribution in [3.8, 4) is 5.75 Å². The summed E-state index contributed by atoms with van der Waals surface area (Å²) < 4.78 is 19.1. The molecule has 9 heteroatoms. The van der Waals surface area contributed by atoms with Gasteiger partial charge >= 0.3 is 6.03 Å². The molecule has 0 aliphatic carbocycles. The van der Waals surface area contributed by atoms with E-state index in [1.54, 1.807) is 54.6 Å². The Morgan fingerprint density at radius 2 is 1.71 bits per heavy atom. The first-order chi connectivity index (χ1) is 16.4. The predicted molar refractivity (Wildman–Crippen MR) is 122 cm³/mol. The molecule has 4 rings (SSSR count). The standard InChI is InChI=1S/C25H18FN3O5/c26-20-11-4-5-12-21(20)27-22(30)15-34-18-10-6-7-16(13-18)14-19-23(31)28-25(33)29(24(19)32)17-8-2-1-3-9-17/h1-14H,15H2,(H,27,30)(H,28,31,33)/b19-14-. The Bertz CT molecular complexity index is 1310. The van der Waals surface area contributed by atoms with Crippen molar-refractivity contribution in [2.24, 2.45) is 0 Å².